The summed E-state index contributed by atoms with van der Waals surface area (Å²) in [5.74, 6) is 1.74. The zero-order valence-electron chi connectivity index (χ0n) is 14.2. The van der Waals surface area contributed by atoms with Gasteiger partial charge in [0, 0.05) is 17.5 Å². The fraction of sp³-hybridized carbons (Fsp3) is 0.222. The maximum absolute atomic E-state index is 11.9. The molecular weight excluding hydrogens is 354 g/mol. The lowest BCUT2D eigenvalue weighted by atomic mass is 10.1. The number of anilines is 1. The maximum Gasteiger partial charge on any atom is 0.248 e. The number of methoxy groups -OCH3 is 1. The van der Waals surface area contributed by atoms with Gasteiger partial charge in [0.05, 0.1) is 12.9 Å². The van der Waals surface area contributed by atoms with Crippen molar-refractivity contribution in [1.29, 1.82) is 0 Å². The number of nitrogens with one attached hydrogen (secondary N) is 3. The van der Waals surface area contributed by atoms with Crippen molar-refractivity contribution < 1.29 is 9.53 Å². The van der Waals surface area contributed by atoms with Crippen molar-refractivity contribution in [1.82, 2.24) is 10.9 Å². The number of hydrogen-bond acceptors (Lipinski definition) is 4. The highest BCUT2D eigenvalue weighted by Gasteiger charge is 2.04. The van der Waals surface area contributed by atoms with Gasteiger partial charge in [0.2, 0.25) is 5.91 Å². The highest BCUT2D eigenvalue weighted by molar-refractivity contribution is 7.99. The predicted molar refractivity (Wildman–Crippen MR) is 108 cm³/mol. The third kappa shape index (κ3) is 6.64. The van der Waals surface area contributed by atoms with Crippen molar-refractivity contribution in [3.63, 3.8) is 0 Å². The van der Waals surface area contributed by atoms with Crippen LogP contribution < -0.4 is 20.9 Å². The van der Waals surface area contributed by atoms with Crippen LogP contribution in [0.25, 0.3) is 0 Å². The van der Waals surface area contributed by atoms with Gasteiger partial charge in [-0.3, -0.25) is 15.6 Å². The summed E-state index contributed by atoms with van der Waals surface area (Å²) >= 11 is 6.71. The Morgan fingerprint density at radius 3 is 2.72 bits per heavy atom. The lowest BCUT2D eigenvalue weighted by molar-refractivity contribution is -0.119. The van der Waals surface area contributed by atoms with Crippen molar-refractivity contribution in [2.24, 2.45) is 0 Å². The first kappa shape index (κ1) is 19.1. The predicted octanol–water partition coefficient (Wildman–Crippen LogP) is 3.25. The third-order valence-electron chi connectivity index (χ3n) is 3.40. The molecule has 0 heterocycles. The summed E-state index contributed by atoms with van der Waals surface area (Å²) in [5.41, 5.74) is 8.53. The Labute approximate surface area is 157 Å². The third-order valence-corrected chi connectivity index (χ3v) is 4.58. The summed E-state index contributed by atoms with van der Waals surface area (Å²) in [6, 6.07) is 15.5. The molecule has 0 radical (unpaired) electrons. The van der Waals surface area contributed by atoms with Gasteiger partial charge in [-0.1, -0.05) is 30.3 Å². The number of hydrogen-bond donors (Lipinski definition) is 3. The first-order valence-electron chi connectivity index (χ1n) is 7.70. The van der Waals surface area contributed by atoms with Crippen LogP contribution >= 0.6 is 24.0 Å². The normalized spacial score (nSPS) is 10.0. The summed E-state index contributed by atoms with van der Waals surface area (Å²) < 4.78 is 5.15. The molecule has 3 N–H and O–H groups in total. The molecule has 2 aromatic carbocycles. The average Bonchev–Trinajstić information content (AvgIpc) is 2.62. The Morgan fingerprint density at radius 1 is 1.16 bits per heavy atom. The molecule has 0 spiro atoms. The molecule has 0 aliphatic heterocycles. The molecule has 2 rings (SSSR count). The Balaban J connectivity index is 1.68. The Kier molecular flexibility index (Phi) is 7.56. The number of thiocarbonyl (C=S) groups is 1. The first-order chi connectivity index (χ1) is 12.1. The van der Waals surface area contributed by atoms with Gasteiger partial charge in [-0.15, -0.1) is 11.8 Å². The Hall–Kier alpha value is -2.25. The number of benzene rings is 2. The van der Waals surface area contributed by atoms with Crippen LogP contribution in [-0.2, 0) is 10.5 Å². The molecule has 1 amide bonds. The molecule has 7 heteroatoms. The number of carbonyl (C=O) groups is 1. The van der Waals surface area contributed by atoms with Crippen LogP contribution in [0.15, 0.2) is 48.5 Å². The molecular formula is C18H21N3O2S2. The van der Waals surface area contributed by atoms with Crippen molar-refractivity contribution in [3.8, 4) is 5.75 Å². The van der Waals surface area contributed by atoms with E-state index < -0.39 is 0 Å². The van der Waals surface area contributed by atoms with Gasteiger partial charge in [0.15, 0.2) is 5.11 Å². The number of aryl methyl sites for hydroxylation is 1. The van der Waals surface area contributed by atoms with E-state index in [-0.39, 0.29) is 5.91 Å². The first-order valence-corrected chi connectivity index (χ1v) is 9.27. The van der Waals surface area contributed by atoms with Crippen LogP contribution in [0.1, 0.15) is 11.1 Å². The van der Waals surface area contributed by atoms with Gasteiger partial charge in [0.25, 0.3) is 0 Å². The molecule has 0 saturated heterocycles. The molecule has 0 unspecified atom stereocenters. The maximum atomic E-state index is 11.9. The van der Waals surface area contributed by atoms with Crippen LogP contribution in [0.5, 0.6) is 5.75 Å². The summed E-state index contributed by atoms with van der Waals surface area (Å²) in [6.45, 7) is 2.07. The van der Waals surface area contributed by atoms with Crippen LogP contribution in [0.2, 0.25) is 0 Å². The number of ether oxygens (including phenoxy) is 1. The largest absolute Gasteiger partial charge is 0.497 e. The van der Waals surface area contributed by atoms with Crippen molar-refractivity contribution >= 4 is 40.7 Å². The second-order valence-corrected chi connectivity index (χ2v) is 6.67. The van der Waals surface area contributed by atoms with E-state index in [1.165, 1.54) is 11.1 Å². The number of hydrazine groups is 1. The zero-order valence-corrected chi connectivity index (χ0v) is 15.8. The van der Waals surface area contributed by atoms with Gasteiger partial charge in [-0.25, -0.2) is 0 Å². The summed E-state index contributed by atoms with van der Waals surface area (Å²) in [4.78, 5) is 11.9. The minimum Gasteiger partial charge on any atom is -0.497 e. The smallest absolute Gasteiger partial charge is 0.248 e. The second kappa shape index (κ2) is 9.90. The number of carbonyl (C=O) groups excluding carboxylic acids is 1. The van der Waals surface area contributed by atoms with E-state index >= 15 is 0 Å². The molecule has 0 aromatic heterocycles. The monoisotopic (exact) mass is 375 g/mol. The topological polar surface area (TPSA) is 62.4 Å². The van der Waals surface area contributed by atoms with Crippen molar-refractivity contribution in [2.45, 2.75) is 12.7 Å². The van der Waals surface area contributed by atoms with E-state index in [2.05, 4.69) is 35.2 Å². The van der Waals surface area contributed by atoms with Crippen molar-refractivity contribution in [2.75, 3.05) is 18.2 Å². The fourth-order valence-electron chi connectivity index (χ4n) is 2.05. The SMILES string of the molecule is COc1cccc(NC(=S)NNC(=O)CSCc2ccccc2C)c1. The highest BCUT2D eigenvalue weighted by Crippen LogP contribution is 2.17. The molecule has 2 aromatic rings. The quantitative estimate of drug-likeness (QED) is 0.532. The minimum atomic E-state index is -0.131. The lowest BCUT2D eigenvalue weighted by Gasteiger charge is -2.12. The summed E-state index contributed by atoms with van der Waals surface area (Å²) in [7, 11) is 1.60. The summed E-state index contributed by atoms with van der Waals surface area (Å²) in [6.07, 6.45) is 0. The van der Waals surface area contributed by atoms with E-state index in [0.29, 0.717) is 10.9 Å². The second-order valence-electron chi connectivity index (χ2n) is 5.28. The molecule has 0 saturated carbocycles. The molecule has 0 atom stereocenters. The minimum absolute atomic E-state index is 0.131. The standard InChI is InChI=1S/C18H21N3O2S2/c1-13-6-3-4-7-14(13)11-25-12-17(22)20-21-18(24)19-15-8-5-9-16(10-15)23-2/h3-10H,11-12H2,1-2H3,(H,20,22)(H2,19,21,24). The molecule has 0 aliphatic rings. The molecule has 0 fully saturated rings. The molecule has 132 valence electrons. The van der Waals surface area contributed by atoms with Gasteiger partial charge >= 0.3 is 0 Å². The lowest BCUT2D eigenvalue weighted by Crippen LogP contribution is -2.44. The van der Waals surface area contributed by atoms with Crippen LogP contribution in [-0.4, -0.2) is 23.9 Å². The number of amides is 1. The van der Waals surface area contributed by atoms with Gasteiger partial charge in [-0.05, 0) is 42.4 Å². The average molecular weight is 376 g/mol. The molecule has 25 heavy (non-hydrogen) atoms. The van der Waals surface area contributed by atoms with Crippen LogP contribution in [0.3, 0.4) is 0 Å². The van der Waals surface area contributed by atoms with E-state index in [1.54, 1.807) is 18.9 Å². The molecule has 0 bridgehead atoms. The van der Waals surface area contributed by atoms with Crippen molar-refractivity contribution in [3.05, 3.63) is 59.7 Å². The van der Waals surface area contributed by atoms with Crippen LogP contribution in [0.4, 0.5) is 5.69 Å². The van der Waals surface area contributed by atoms with E-state index in [0.717, 1.165) is 17.2 Å². The molecule has 5 nitrogen and oxygen atoms in total. The van der Waals surface area contributed by atoms with Gasteiger partial charge in [0.1, 0.15) is 5.75 Å². The Bertz CT molecular complexity index is 738. The van der Waals surface area contributed by atoms with Gasteiger partial charge < -0.3 is 10.1 Å². The van der Waals surface area contributed by atoms with Gasteiger partial charge in [-0.2, -0.15) is 0 Å². The van der Waals surface area contributed by atoms with Crippen LogP contribution in [0, 0.1) is 6.92 Å². The molecule has 0 aliphatic carbocycles. The van der Waals surface area contributed by atoms with E-state index in [9.17, 15) is 4.79 Å². The zero-order chi connectivity index (χ0) is 18.1. The Morgan fingerprint density at radius 2 is 1.96 bits per heavy atom. The number of rotatable bonds is 6. The van der Waals surface area contributed by atoms with E-state index in [1.807, 2.05) is 36.4 Å². The fourth-order valence-corrected chi connectivity index (χ4v) is 3.12. The summed E-state index contributed by atoms with van der Waals surface area (Å²) in [5, 5.41) is 3.29. The number of thioether (sulfide) groups is 1. The highest BCUT2D eigenvalue weighted by atomic mass is 32.2. The van der Waals surface area contributed by atoms with E-state index in [4.69, 9.17) is 17.0 Å².